The lowest BCUT2D eigenvalue weighted by Crippen LogP contribution is -2.29. The molecular formula is C10H9F3N2O. The highest BCUT2D eigenvalue weighted by molar-refractivity contribution is 5.99. The molecule has 0 fully saturated rings. The molecule has 1 atom stereocenters. The molecule has 0 aliphatic carbocycles. The molecule has 2 rings (SSSR count). The summed E-state index contributed by atoms with van der Waals surface area (Å²) in [6, 6.07) is 6.99. The van der Waals surface area contributed by atoms with Crippen molar-refractivity contribution in [3.8, 4) is 0 Å². The Kier molecular flexibility index (Phi) is 2.59. The Labute approximate surface area is 89.9 Å². The van der Waals surface area contributed by atoms with Crippen molar-refractivity contribution < 1.29 is 18.0 Å². The van der Waals surface area contributed by atoms with Gasteiger partial charge in [0, 0.05) is 5.56 Å². The summed E-state index contributed by atoms with van der Waals surface area (Å²) in [7, 11) is 0. The van der Waals surface area contributed by atoms with Gasteiger partial charge in [0.1, 0.15) is 0 Å². The van der Waals surface area contributed by atoms with Crippen LogP contribution in [-0.2, 0) is 4.84 Å². The van der Waals surface area contributed by atoms with E-state index in [1.807, 2.05) is 13.0 Å². The van der Waals surface area contributed by atoms with Gasteiger partial charge in [-0.25, -0.2) is 15.3 Å². The predicted molar refractivity (Wildman–Crippen MR) is 51.8 cm³/mol. The third-order valence-electron chi connectivity index (χ3n) is 2.09. The van der Waals surface area contributed by atoms with Crippen LogP contribution < -0.4 is 5.48 Å². The molecule has 1 aliphatic rings. The van der Waals surface area contributed by atoms with Crippen molar-refractivity contribution in [2.24, 2.45) is 4.99 Å². The fourth-order valence-electron chi connectivity index (χ4n) is 1.35. The molecule has 1 aromatic carbocycles. The van der Waals surface area contributed by atoms with Gasteiger partial charge >= 0.3 is 6.18 Å². The fourth-order valence-corrected chi connectivity index (χ4v) is 1.35. The zero-order chi connectivity index (χ0) is 11.8. The van der Waals surface area contributed by atoms with E-state index in [-0.39, 0.29) is 5.84 Å². The maximum absolute atomic E-state index is 12.3. The zero-order valence-electron chi connectivity index (χ0n) is 8.38. The van der Waals surface area contributed by atoms with Crippen LogP contribution in [0, 0.1) is 6.92 Å². The number of aliphatic imine (C=N–C) groups is 1. The van der Waals surface area contributed by atoms with Crippen LogP contribution >= 0.6 is 0 Å². The molecule has 16 heavy (non-hydrogen) atoms. The summed E-state index contributed by atoms with van der Waals surface area (Å²) in [4.78, 5) is 7.77. The van der Waals surface area contributed by atoms with E-state index in [4.69, 9.17) is 0 Å². The van der Waals surface area contributed by atoms with Crippen LogP contribution in [0.5, 0.6) is 0 Å². The lowest BCUT2D eigenvalue weighted by Gasteiger charge is -2.08. The van der Waals surface area contributed by atoms with E-state index in [1.54, 1.807) is 18.2 Å². The van der Waals surface area contributed by atoms with Gasteiger partial charge in [-0.15, -0.1) is 0 Å². The molecule has 86 valence electrons. The van der Waals surface area contributed by atoms with Crippen LogP contribution in [0.2, 0.25) is 0 Å². The van der Waals surface area contributed by atoms with Gasteiger partial charge in [-0.2, -0.15) is 13.2 Å². The molecule has 1 aliphatic heterocycles. The summed E-state index contributed by atoms with van der Waals surface area (Å²) in [5.74, 6) is 0.103. The number of amidine groups is 1. The number of benzene rings is 1. The smallest absolute Gasteiger partial charge is 0.246 e. The molecule has 0 bridgehead atoms. The second kappa shape index (κ2) is 3.79. The van der Waals surface area contributed by atoms with E-state index in [2.05, 4.69) is 15.3 Å². The monoisotopic (exact) mass is 230 g/mol. The SMILES string of the molecule is Cc1cccc(C2=NC(C(F)(F)F)ON2)c1. The van der Waals surface area contributed by atoms with Gasteiger partial charge < -0.3 is 0 Å². The number of alkyl halides is 3. The highest BCUT2D eigenvalue weighted by Crippen LogP contribution is 2.26. The number of nitrogens with one attached hydrogen (secondary N) is 1. The van der Waals surface area contributed by atoms with Crippen LogP contribution in [0.3, 0.4) is 0 Å². The molecular weight excluding hydrogens is 221 g/mol. The Morgan fingerprint density at radius 2 is 2.12 bits per heavy atom. The zero-order valence-corrected chi connectivity index (χ0v) is 8.38. The van der Waals surface area contributed by atoms with Gasteiger partial charge in [-0.05, 0) is 13.0 Å². The molecule has 1 aromatic rings. The number of rotatable bonds is 1. The van der Waals surface area contributed by atoms with Crippen LogP contribution in [-0.4, -0.2) is 18.2 Å². The van der Waals surface area contributed by atoms with Crippen LogP contribution in [0.4, 0.5) is 13.2 Å². The number of aryl methyl sites for hydroxylation is 1. The molecule has 6 heteroatoms. The molecule has 1 unspecified atom stereocenters. The maximum atomic E-state index is 12.3. The Morgan fingerprint density at radius 3 is 2.69 bits per heavy atom. The molecule has 0 amide bonds. The van der Waals surface area contributed by atoms with E-state index in [0.29, 0.717) is 5.56 Å². The lowest BCUT2D eigenvalue weighted by atomic mass is 10.1. The first kappa shape index (κ1) is 10.9. The Hall–Kier alpha value is -1.56. The minimum absolute atomic E-state index is 0.103. The molecule has 0 saturated carbocycles. The summed E-state index contributed by atoms with van der Waals surface area (Å²) in [5.41, 5.74) is 3.70. The average molecular weight is 230 g/mol. The van der Waals surface area contributed by atoms with E-state index in [1.165, 1.54) is 0 Å². The van der Waals surface area contributed by atoms with Crippen molar-refractivity contribution in [2.45, 2.75) is 19.3 Å². The van der Waals surface area contributed by atoms with Crippen molar-refractivity contribution in [1.29, 1.82) is 0 Å². The highest BCUT2D eigenvalue weighted by Gasteiger charge is 2.44. The van der Waals surface area contributed by atoms with Gasteiger partial charge in [0.05, 0.1) is 0 Å². The molecule has 1 heterocycles. The van der Waals surface area contributed by atoms with Crippen molar-refractivity contribution in [1.82, 2.24) is 5.48 Å². The number of hydrogen-bond acceptors (Lipinski definition) is 3. The summed E-state index contributed by atoms with van der Waals surface area (Å²) < 4.78 is 36.8. The first-order valence-corrected chi connectivity index (χ1v) is 4.60. The van der Waals surface area contributed by atoms with Gasteiger partial charge in [-0.1, -0.05) is 23.8 Å². The summed E-state index contributed by atoms with van der Waals surface area (Å²) in [6.07, 6.45) is -6.61. The number of hydroxylamine groups is 1. The van der Waals surface area contributed by atoms with Crippen LogP contribution in [0.15, 0.2) is 29.3 Å². The second-order valence-corrected chi connectivity index (χ2v) is 3.46. The minimum atomic E-state index is -4.49. The Balaban J connectivity index is 2.25. The van der Waals surface area contributed by atoms with Crippen molar-refractivity contribution >= 4 is 5.84 Å². The lowest BCUT2D eigenvalue weighted by molar-refractivity contribution is -0.220. The number of halogens is 3. The Bertz CT molecular complexity index is 428. The largest absolute Gasteiger partial charge is 0.437 e. The van der Waals surface area contributed by atoms with E-state index < -0.39 is 12.4 Å². The first-order valence-electron chi connectivity index (χ1n) is 4.60. The second-order valence-electron chi connectivity index (χ2n) is 3.46. The molecule has 0 radical (unpaired) electrons. The molecule has 1 N–H and O–H groups in total. The standard InChI is InChI=1S/C10H9F3N2O/c1-6-3-2-4-7(5-6)8-14-9(16-15-8)10(11,12)13/h2-5,9H,1H3,(H,14,15). The fraction of sp³-hybridized carbons (Fsp3) is 0.300. The molecule has 0 saturated heterocycles. The average Bonchev–Trinajstić information content (AvgIpc) is 2.65. The van der Waals surface area contributed by atoms with Gasteiger partial charge in [0.25, 0.3) is 6.23 Å². The van der Waals surface area contributed by atoms with Gasteiger partial charge in [0.15, 0.2) is 5.84 Å². The topological polar surface area (TPSA) is 33.6 Å². The van der Waals surface area contributed by atoms with Crippen LogP contribution in [0.1, 0.15) is 11.1 Å². The first-order chi connectivity index (χ1) is 7.47. The quantitative estimate of drug-likeness (QED) is 0.802. The summed E-state index contributed by atoms with van der Waals surface area (Å²) >= 11 is 0. The normalized spacial score (nSPS) is 20.5. The summed E-state index contributed by atoms with van der Waals surface area (Å²) in [6.45, 7) is 1.85. The van der Waals surface area contributed by atoms with Crippen LogP contribution in [0.25, 0.3) is 0 Å². The van der Waals surface area contributed by atoms with Crippen molar-refractivity contribution in [2.75, 3.05) is 0 Å². The summed E-state index contributed by atoms with van der Waals surface area (Å²) in [5, 5.41) is 0. The predicted octanol–water partition coefficient (Wildman–Crippen LogP) is 2.16. The van der Waals surface area contributed by atoms with Gasteiger partial charge in [0.2, 0.25) is 0 Å². The van der Waals surface area contributed by atoms with E-state index in [9.17, 15) is 13.2 Å². The van der Waals surface area contributed by atoms with E-state index >= 15 is 0 Å². The van der Waals surface area contributed by atoms with E-state index in [0.717, 1.165) is 5.56 Å². The molecule has 0 spiro atoms. The maximum Gasteiger partial charge on any atom is 0.437 e. The molecule has 3 nitrogen and oxygen atoms in total. The highest BCUT2D eigenvalue weighted by atomic mass is 19.4. The Morgan fingerprint density at radius 1 is 1.38 bits per heavy atom. The van der Waals surface area contributed by atoms with Gasteiger partial charge in [-0.3, -0.25) is 0 Å². The third-order valence-corrected chi connectivity index (χ3v) is 2.09. The number of hydrogen-bond donors (Lipinski definition) is 1. The number of nitrogens with zero attached hydrogens (tertiary/aromatic N) is 1. The minimum Gasteiger partial charge on any atom is -0.246 e. The van der Waals surface area contributed by atoms with Crippen molar-refractivity contribution in [3.63, 3.8) is 0 Å². The third kappa shape index (κ3) is 2.16. The van der Waals surface area contributed by atoms with Crippen molar-refractivity contribution in [3.05, 3.63) is 35.4 Å². The molecule has 0 aromatic heterocycles.